The summed E-state index contributed by atoms with van der Waals surface area (Å²) >= 11 is 0. The minimum absolute atomic E-state index is 0.858. The molecule has 0 N–H and O–H groups in total. The van der Waals surface area contributed by atoms with E-state index in [0.717, 1.165) is 5.92 Å². The van der Waals surface area contributed by atoms with Gasteiger partial charge in [0.05, 0.1) is 0 Å². The Hall–Kier alpha value is -0.0400. The smallest absolute Gasteiger partial charge is 0.000386 e. The molecule has 0 spiro atoms. The standard InChI is InChI=1S/C9H21N/c1-5-7-10(4)8-9(3)6-2/h9H,5-8H2,1-4H3. The molecule has 62 valence electrons. The first-order valence-electron chi connectivity index (χ1n) is 4.39. The number of rotatable bonds is 5. The predicted molar refractivity (Wildman–Crippen MR) is 47.2 cm³/mol. The van der Waals surface area contributed by atoms with Crippen molar-refractivity contribution in [3.8, 4) is 0 Å². The molecule has 0 radical (unpaired) electrons. The van der Waals surface area contributed by atoms with E-state index < -0.39 is 0 Å². The van der Waals surface area contributed by atoms with E-state index in [4.69, 9.17) is 0 Å². The fourth-order valence-electron chi connectivity index (χ4n) is 1.13. The zero-order chi connectivity index (χ0) is 7.98. The van der Waals surface area contributed by atoms with Gasteiger partial charge in [0.15, 0.2) is 0 Å². The number of hydrogen-bond acceptors (Lipinski definition) is 1. The van der Waals surface area contributed by atoms with E-state index in [-0.39, 0.29) is 0 Å². The van der Waals surface area contributed by atoms with Crippen LogP contribution in [0.1, 0.15) is 33.6 Å². The average molecular weight is 143 g/mol. The van der Waals surface area contributed by atoms with Crippen LogP contribution >= 0.6 is 0 Å². The lowest BCUT2D eigenvalue weighted by atomic mass is 10.1. The Morgan fingerprint density at radius 2 is 1.90 bits per heavy atom. The predicted octanol–water partition coefficient (Wildman–Crippen LogP) is 2.37. The molecule has 1 nitrogen and oxygen atoms in total. The lowest BCUT2D eigenvalue weighted by Crippen LogP contribution is -2.24. The summed E-state index contributed by atoms with van der Waals surface area (Å²) in [6, 6.07) is 0. The normalized spacial score (nSPS) is 14.1. The van der Waals surface area contributed by atoms with Crippen LogP contribution in [0, 0.1) is 5.92 Å². The zero-order valence-corrected chi connectivity index (χ0v) is 7.85. The summed E-state index contributed by atoms with van der Waals surface area (Å²) in [7, 11) is 2.20. The quantitative estimate of drug-likeness (QED) is 0.571. The molecular weight excluding hydrogens is 122 g/mol. The fraction of sp³-hybridized carbons (Fsp3) is 1.00. The topological polar surface area (TPSA) is 3.24 Å². The van der Waals surface area contributed by atoms with Gasteiger partial charge in [-0.2, -0.15) is 0 Å². The maximum Gasteiger partial charge on any atom is 0.000386 e. The van der Waals surface area contributed by atoms with Crippen molar-refractivity contribution >= 4 is 0 Å². The highest BCUT2D eigenvalue weighted by atomic mass is 15.1. The summed E-state index contributed by atoms with van der Waals surface area (Å²) in [6.07, 6.45) is 2.57. The van der Waals surface area contributed by atoms with Gasteiger partial charge in [0, 0.05) is 6.54 Å². The fourth-order valence-corrected chi connectivity index (χ4v) is 1.13. The monoisotopic (exact) mass is 143 g/mol. The van der Waals surface area contributed by atoms with E-state index in [9.17, 15) is 0 Å². The first-order valence-corrected chi connectivity index (χ1v) is 4.39. The molecule has 0 saturated carbocycles. The van der Waals surface area contributed by atoms with Gasteiger partial charge in [-0.25, -0.2) is 0 Å². The van der Waals surface area contributed by atoms with E-state index >= 15 is 0 Å². The third-order valence-corrected chi connectivity index (χ3v) is 1.93. The van der Waals surface area contributed by atoms with Gasteiger partial charge in [0.25, 0.3) is 0 Å². The van der Waals surface area contributed by atoms with Crippen LogP contribution in [0.25, 0.3) is 0 Å². The first-order chi connectivity index (χ1) is 4.70. The Balaban J connectivity index is 3.27. The molecule has 0 aromatic carbocycles. The van der Waals surface area contributed by atoms with E-state index in [1.54, 1.807) is 0 Å². The molecule has 1 heteroatoms. The lowest BCUT2D eigenvalue weighted by molar-refractivity contribution is 0.283. The van der Waals surface area contributed by atoms with E-state index in [0.29, 0.717) is 0 Å². The highest BCUT2D eigenvalue weighted by molar-refractivity contribution is 4.55. The van der Waals surface area contributed by atoms with Crippen LogP contribution in [-0.4, -0.2) is 25.0 Å². The Kier molecular flexibility index (Phi) is 5.70. The van der Waals surface area contributed by atoms with Gasteiger partial charge in [0.1, 0.15) is 0 Å². The third kappa shape index (κ3) is 4.80. The molecule has 10 heavy (non-hydrogen) atoms. The van der Waals surface area contributed by atoms with Crippen LogP contribution < -0.4 is 0 Å². The second-order valence-electron chi connectivity index (χ2n) is 3.28. The number of hydrogen-bond donors (Lipinski definition) is 0. The first kappa shape index (κ1) is 9.96. The van der Waals surface area contributed by atoms with Gasteiger partial charge in [-0.15, -0.1) is 0 Å². The van der Waals surface area contributed by atoms with Gasteiger partial charge < -0.3 is 4.90 Å². The van der Waals surface area contributed by atoms with Crippen molar-refractivity contribution in [1.29, 1.82) is 0 Å². The molecule has 0 aliphatic carbocycles. The van der Waals surface area contributed by atoms with Gasteiger partial charge >= 0.3 is 0 Å². The number of nitrogens with zero attached hydrogens (tertiary/aromatic N) is 1. The molecular formula is C9H21N. The van der Waals surface area contributed by atoms with Crippen molar-refractivity contribution in [1.82, 2.24) is 4.90 Å². The third-order valence-electron chi connectivity index (χ3n) is 1.93. The lowest BCUT2D eigenvalue weighted by Gasteiger charge is -2.19. The molecule has 0 saturated heterocycles. The molecule has 0 aliphatic heterocycles. The Labute approximate surface area is 65.4 Å². The van der Waals surface area contributed by atoms with Crippen LogP contribution in [0.4, 0.5) is 0 Å². The SMILES string of the molecule is CCCN(C)CC(C)CC. The molecule has 0 rings (SSSR count). The molecule has 1 unspecified atom stereocenters. The Morgan fingerprint density at radius 1 is 1.30 bits per heavy atom. The zero-order valence-electron chi connectivity index (χ0n) is 7.85. The van der Waals surface area contributed by atoms with E-state index in [1.807, 2.05) is 0 Å². The maximum absolute atomic E-state index is 2.41. The largest absolute Gasteiger partial charge is 0.306 e. The van der Waals surface area contributed by atoms with Crippen LogP contribution in [-0.2, 0) is 0 Å². The van der Waals surface area contributed by atoms with Crippen LogP contribution in [0.5, 0.6) is 0 Å². The molecule has 0 amide bonds. The maximum atomic E-state index is 2.41. The molecule has 0 aromatic heterocycles. The van der Waals surface area contributed by atoms with Gasteiger partial charge in [-0.05, 0) is 25.9 Å². The van der Waals surface area contributed by atoms with Crippen molar-refractivity contribution < 1.29 is 0 Å². The summed E-state index contributed by atoms with van der Waals surface area (Å²) in [6.45, 7) is 9.29. The minimum Gasteiger partial charge on any atom is -0.306 e. The average Bonchev–Trinajstić information content (AvgIpc) is 1.88. The molecule has 0 fully saturated rings. The van der Waals surface area contributed by atoms with Crippen molar-refractivity contribution in [3.63, 3.8) is 0 Å². The molecule has 0 aromatic rings. The summed E-state index contributed by atoms with van der Waals surface area (Å²) in [4.78, 5) is 2.41. The summed E-state index contributed by atoms with van der Waals surface area (Å²) in [5.41, 5.74) is 0. The van der Waals surface area contributed by atoms with Gasteiger partial charge in [-0.3, -0.25) is 0 Å². The highest BCUT2D eigenvalue weighted by Crippen LogP contribution is 2.02. The van der Waals surface area contributed by atoms with Crippen molar-refractivity contribution in [2.75, 3.05) is 20.1 Å². The van der Waals surface area contributed by atoms with E-state index in [2.05, 4.69) is 32.7 Å². The Bertz CT molecular complexity index is 71.1. The molecule has 1 atom stereocenters. The van der Waals surface area contributed by atoms with Crippen molar-refractivity contribution in [3.05, 3.63) is 0 Å². The second kappa shape index (κ2) is 5.72. The molecule has 0 bridgehead atoms. The summed E-state index contributed by atoms with van der Waals surface area (Å²) < 4.78 is 0. The Morgan fingerprint density at radius 3 is 2.30 bits per heavy atom. The summed E-state index contributed by atoms with van der Waals surface area (Å²) in [5.74, 6) is 0.858. The minimum atomic E-state index is 0.858. The van der Waals surface area contributed by atoms with Gasteiger partial charge in [-0.1, -0.05) is 27.2 Å². The molecule has 0 heterocycles. The molecule has 0 aliphatic rings. The highest BCUT2D eigenvalue weighted by Gasteiger charge is 2.01. The van der Waals surface area contributed by atoms with Gasteiger partial charge in [0.2, 0.25) is 0 Å². The second-order valence-corrected chi connectivity index (χ2v) is 3.28. The van der Waals surface area contributed by atoms with Crippen LogP contribution in [0.3, 0.4) is 0 Å². The van der Waals surface area contributed by atoms with Crippen LogP contribution in [0.15, 0.2) is 0 Å². The van der Waals surface area contributed by atoms with Crippen molar-refractivity contribution in [2.45, 2.75) is 33.6 Å². The van der Waals surface area contributed by atoms with Crippen molar-refractivity contribution in [2.24, 2.45) is 5.92 Å². The van der Waals surface area contributed by atoms with E-state index in [1.165, 1.54) is 25.9 Å². The van der Waals surface area contributed by atoms with Crippen LogP contribution in [0.2, 0.25) is 0 Å². The summed E-state index contributed by atoms with van der Waals surface area (Å²) in [5, 5.41) is 0.